The van der Waals surface area contributed by atoms with Crippen LogP contribution in [0.1, 0.15) is 88.9 Å². The topological polar surface area (TPSA) is 125 Å². The molecule has 0 heterocycles. The van der Waals surface area contributed by atoms with E-state index in [1.54, 1.807) is 0 Å². The Bertz CT molecular complexity index is 1260. The number of anilines is 1. The number of ether oxygens (including phenoxy) is 3. The monoisotopic (exact) mass is 613 g/mol. The lowest BCUT2D eigenvalue weighted by Gasteiger charge is -2.64. The lowest BCUT2D eigenvalue weighted by molar-refractivity contribution is -0.218. The minimum atomic E-state index is -0.659. The summed E-state index contributed by atoms with van der Waals surface area (Å²) in [6.45, 7) is 8.25. The second-order valence-corrected chi connectivity index (χ2v) is 14.0. The molecule has 11 atom stereocenters. The van der Waals surface area contributed by atoms with Crippen LogP contribution in [0, 0.1) is 52.2 Å². The van der Waals surface area contributed by atoms with Gasteiger partial charge in [-0.1, -0.05) is 26.8 Å². The van der Waals surface area contributed by atoms with Gasteiger partial charge in [0.25, 0.3) is 19.4 Å². The van der Waals surface area contributed by atoms with Gasteiger partial charge in [-0.3, -0.25) is 24.0 Å². The van der Waals surface area contributed by atoms with E-state index in [9.17, 15) is 28.4 Å². The molecule has 1 unspecified atom stereocenters. The van der Waals surface area contributed by atoms with Crippen LogP contribution in [-0.4, -0.2) is 49.9 Å². The molecule has 4 saturated carbocycles. The quantitative estimate of drug-likeness (QED) is 0.242. The van der Waals surface area contributed by atoms with E-state index in [0.29, 0.717) is 45.0 Å². The van der Waals surface area contributed by atoms with Crippen LogP contribution in [0.5, 0.6) is 0 Å². The zero-order valence-corrected chi connectivity index (χ0v) is 25.7. The first-order chi connectivity index (χ1) is 21.1. The molecule has 5 rings (SSSR count). The molecule has 10 heteroatoms. The normalized spacial score (nSPS) is 38.1. The summed E-state index contributed by atoms with van der Waals surface area (Å²) in [5.74, 6) is -0.176. The first kappa shape index (κ1) is 32.1. The van der Waals surface area contributed by atoms with Gasteiger partial charge in [0, 0.05) is 23.3 Å². The van der Waals surface area contributed by atoms with E-state index in [0.717, 1.165) is 32.1 Å². The van der Waals surface area contributed by atoms with Crippen LogP contribution >= 0.6 is 0 Å². The summed E-state index contributed by atoms with van der Waals surface area (Å²) in [5.41, 5.74) is -0.484. The van der Waals surface area contributed by atoms with Crippen molar-refractivity contribution in [1.82, 2.24) is 0 Å². The molecule has 44 heavy (non-hydrogen) atoms. The highest BCUT2D eigenvalue weighted by atomic mass is 19.1. The Morgan fingerprint density at radius 2 is 1.75 bits per heavy atom. The van der Waals surface area contributed by atoms with Crippen molar-refractivity contribution in [3.63, 3.8) is 0 Å². The van der Waals surface area contributed by atoms with E-state index in [-0.39, 0.29) is 88.2 Å². The lowest BCUT2D eigenvalue weighted by Crippen LogP contribution is -2.63. The summed E-state index contributed by atoms with van der Waals surface area (Å²) >= 11 is 0. The van der Waals surface area contributed by atoms with Crippen LogP contribution in [0.4, 0.5) is 10.1 Å². The third kappa shape index (κ3) is 5.53. The van der Waals surface area contributed by atoms with E-state index in [4.69, 9.17) is 14.2 Å². The number of aldehydes is 1. The van der Waals surface area contributed by atoms with Crippen molar-refractivity contribution in [2.75, 3.05) is 5.32 Å². The highest BCUT2D eigenvalue weighted by Crippen LogP contribution is 2.69. The summed E-state index contributed by atoms with van der Waals surface area (Å²) in [6, 6.07) is 4.08. The number of halogens is 1. The molecule has 4 fully saturated rings. The van der Waals surface area contributed by atoms with Crippen LogP contribution in [0.2, 0.25) is 0 Å². The molecule has 240 valence electrons. The first-order valence-corrected chi connectivity index (χ1v) is 15.9. The Hall–Kier alpha value is -3.30. The van der Waals surface area contributed by atoms with Gasteiger partial charge in [0.05, 0.1) is 5.69 Å². The van der Waals surface area contributed by atoms with Gasteiger partial charge in [-0.15, -0.1) is 0 Å². The Kier molecular flexibility index (Phi) is 9.47. The fourth-order valence-corrected chi connectivity index (χ4v) is 10.3. The standard InChI is InChI=1S/C34H44FNO8/c1-20(7-10-30(41)36-32-21(16-37)5-4-6-27(32)35)24-8-9-25-31-26(15-29(44-19-40)34(24,25)3)33(2)12-11-23(42-17-38)13-22(33)14-28(31)43-18-39/h4-6,16-20,22-26,28-29,31H,7-15H2,1-3H3,(H,36,41)/t20-,22+,23?,24-,25+,26+,28-,29+,31+,33+,34-/m1/s1. The molecule has 0 radical (unpaired) electrons. The number of fused-ring (bicyclic) bond motifs is 5. The van der Waals surface area contributed by atoms with Crippen molar-refractivity contribution in [3.05, 3.63) is 29.6 Å². The number of hydrogen-bond donors (Lipinski definition) is 1. The van der Waals surface area contributed by atoms with Crippen molar-refractivity contribution in [2.24, 2.45) is 46.3 Å². The van der Waals surface area contributed by atoms with Gasteiger partial charge in [-0.05, 0) is 98.5 Å². The second-order valence-electron chi connectivity index (χ2n) is 14.0. The van der Waals surface area contributed by atoms with Gasteiger partial charge in [0.15, 0.2) is 6.29 Å². The van der Waals surface area contributed by atoms with Crippen LogP contribution in [-0.2, 0) is 33.4 Å². The maximum absolute atomic E-state index is 14.3. The minimum absolute atomic E-state index is 0.0726. The van der Waals surface area contributed by atoms with E-state index >= 15 is 0 Å². The maximum atomic E-state index is 14.3. The van der Waals surface area contributed by atoms with Crippen LogP contribution < -0.4 is 5.32 Å². The Morgan fingerprint density at radius 3 is 2.45 bits per heavy atom. The van der Waals surface area contributed by atoms with Gasteiger partial charge in [-0.2, -0.15) is 0 Å². The molecule has 0 aromatic heterocycles. The predicted molar refractivity (Wildman–Crippen MR) is 158 cm³/mol. The van der Waals surface area contributed by atoms with Crippen LogP contribution in [0.25, 0.3) is 0 Å². The summed E-state index contributed by atoms with van der Waals surface area (Å²) in [7, 11) is 0. The zero-order chi connectivity index (χ0) is 31.6. The molecule has 4 aliphatic carbocycles. The van der Waals surface area contributed by atoms with Crippen molar-refractivity contribution in [3.8, 4) is 0 Å². The van der Waals surface area contributed by atoms with E-state index in [1.807, 2.05) is 0 Å². The number of carbonyl (C=O) groups excluding carboxylic acids is 5. The Balaban J connectivity index is 1.36. The average Bonchev–Trinajstić information content (AvgIpc) is 3.36. The lowest BCUT2D eigenvalue weighted by atomic mass is 9.43. The predicted octanol–water partition coefficient (Wildman–Crippen LogP) is 5.50. The van der Waals surface area contributed by atoms with Gasteiger partial charge in [-0.25, -0.2) is 4.39 Å². The zero-order valence-electron chi connectivity index (χ0n) is 25.7. The number of para-hydroxylation sites is 1. The number of carbonyl (C=O) groups is 5. The highest BCUT2D eigenvalue weighted by Gasteiger charge is 2.67. The molecule has 0 aliphatic heterocycles. The first-order valence-electron chi connectivity index (χ1n) is 15.9. The molecule has 0 bridgehead atoms. The van der Waals surface area contributed by atoms with Crippen LogP contribution in [0.3, 0.4) is 0 Å². The molecule has 0 spiro atoms. The fraction of sp³-hybridized carbons (Fsp3) is 0.676. The fourth-order valence-electron chi connectivity index (χ4n) is 10.3. The molecule has 1 N–H and O–H groups in total. The number of nitrogens with one attached hydrogen (secondary N) is 1. The molecular formula is C34H44FNO8. The molecule has 1 aromatic carbocycles. The number of hydrogen-bond acceptors (Lipinski definition) is 8. The maximum Gasteiger partial charge on any atom is 0.293 e. The van der Waals surface area contributed by atoms with Crippen molar-refractivity contribution >= 4 is 37.3 Å². The summed E-state index contributed by atoms with van der Waals surface area (Å²) in [4.78, 5) is 59.0. The van der Waals surface area contributed by atoms with Crippen molar-refractivity contribution < 1.29 is 42.6 Å². The number of benzene rings is 1. The minimum Gasteiger partial charge on any atom is -0.465 e. The smallest absolute Gasteiger partial charge is 0.293 e. The molecule has 9 nitrogen and oxygen atoms in total. The highest BCUT2D eigenvalue weighted by molar-refractivity contribution is 5.96. The van der Waals surface area contributed by atoms with Crippen LogP contribution in [0.15, 0.2) is 18.2 Å². The Morgan fingerprint density at radius 1 is 1.00 bits per heavy atom. The number of amides is 1. The molecular weight excluding hydrogens is 569 g/mol. The van der Waals surface area contributed by atoms with Crippen molar-refractivity contribution in [2.45, 2.75) is 96.9 Å². The number of rotatable bonds is 12. The van der Waals surface area contributed by atoms with E-state index < -0.39 is 5.82 Å². The van der Waals surface area contributed by atoms with Gasteiger partial charge in [0.2, 0.25) is 5.91 Å². The molecule has 4 aliphatic rings. The second kappa shape index (κ2) is 13.0. The van der Waals surface area contributed by atoms with Gasteiger partial charge in [0.1, 0.15) is 24.1 Å². The summed E-state index contributed by atoms with van der Waals surface area (Å²) in [5, 5.41) is 2.58. The average molecular weight is 614 g/mol. The molecule has 0 saturated heterocycles. The third-order valence-electron chi connectivity index (χ3n) is 12.4. The summed E-state index contributed by atoms with van der Waals surface area (Å²) < 4.78 is 31.5. The SMILES string of the molecule is C[C@H](CCC(=O)Nc1c(F)cccc1C=O)[C@H]1CC[C@H]2[C@@H]3[C@H](OC=O)C[C@@H]4CC(OC=O)CC[C@]4(C)[C@H]3C[C@H](OC=O)[C@]12C. The largest absolute Gasteiger partial charge is 0.465 e. The summed E-state index contributed by atoms with van der Waals surface area (Å²) in [6.07, 6.45) is 5.98. The van der Waals surface area contributed by atoms with Gasteiger partial charge >= 0.3 is 0 Å². The molecule has 1 amide bonds. The van der Waals surface area contributed by atoms with E-state index in [2.05, 4.69) is 26.1 Å². The van der Waals surface area contributed by atoms with Crippen molar-refractivity contribution in [1.29, 1.82) is 0 Å². The third-order valence-corrected chi connectivity index (χ3v) is 12.4. The van der Waals surface area contributed by atoms with E-state index in [1.165, 1.54) is 18.2 Å². The Labute approximate surface area is 257 Å². The van der Waals surface area contributed by atoms with Gasteiger partial charge < -0.3 is 19.5 Å². The molecule has 1 aromatic rings.